The molecule has 0 aliphatic carbocycles. The Kier molecular flexibility index (Phi) is 4.09. The third kappa shape index (κ3) is 3.03. The number of carbonyl (C=O) groups excluding carboxylic acids is 1. The Morgan fingerprint density at radius 1 is 1.29 bits per heavy atom. The summed E-state index contributed by atoms with van der Waals surface area (Å²) in [4.78, 5) is 18.3. The number of rotatable bonds is 2. The van der Waals surface area contributed by atoms with E-state index in [1.54, 1.807) is 12.3 Å². The lowest BCUT2D eigenvalue weighted by molar-refractivity contribution is 0.0755. The minimum atomic E-state index is 0.0437. The zero-order valence-corrected chi connectivity index (χ0v) is 10.1. The molecule has 1 amide bonds. The van der Waals surface area contributed by atoms with Crippen molar-refractivity contribution in [1.29, 1.82) is 0 Å². The van der Waals surface area contributed by atoms with Gasteiger partial charge in [-0.2, -0.15) is 0 Å². The molecular weight excluding hydrogens is 214 g/mol. The van der Waals surface area contributed by atoms with Crippen LogP contribution in [0, 0.1) is 0 Å². The third-order valence-electron chi connectivity index (χ3n) is 3.17. The van der Waals surface area contributed by atoms with E-state index in [1.165, 1.54) is 12.8 Å². The van der Waals surface area contributed by atoms with Gasteiger partial charge >= 0.3 is 0 Å². The van der Waals surface area contributed by atoms with Crippen LogP contribution in [-0.2, 0) is 6.54 Å². The summed E-state index contributed by atoms with van der Waals surface area (Å²) in [6.07, 6.45) is 6.30. The lowest BCUT2D eigenvalue weighted by atomic mass is 10.2. The summed E-state index contributed by atoms with van der Waals surface area (Å²) in [5.74, 6) is 0.0437. The van der Waals surface area contributed by atoms with Crippen LogP contribution in [0.4, 0.5) is 0 Å². The minimum absolute atomic E-state index is 0.0437. The van der Waals surface area contributed by atoms with Gasteiger partial charge in [0.1, 0.15) is 5.69 Å². The molecule has 1 aliphatic heterocycles. The monoisotopic (exact) mass is 233 g/mol. The molecule has 0 bridgehead atoms. The fourth-order valence-electron chi connectivity index (χ4n) is 2.15. The topological polar surface area (TPSA) is 59.2 Å². The number of pyridine rings is 1. The second kappa shape index (κ2) is 5.77. The van der Waals surface area contributed by atoms with Gasteiger partial charge in [-0.3, -0.25) is 9.78 Å². The van der Waals surface area contributed by atoms with Gasteiger partial charge in [0.25, 0.3) is 5.91 Å². The Labute approximate surface area is 102 Å². The molecule has 0 atom stereocenters. The van der Waals surface area contributed by atoms with Crippen LogP contribution in [0.2, 0.25) is 0 Å². The molecule has 0 aromatic carbocycles. The van der Waals surface area contributed by atoms with E-state index in [0.717, 1.165) is 31.5 Å². The summed E-state index contributed by atoms with van der Waals surface area (Å²) < 4.78 is 0. The van der Waals surface area contributed by atoms with Crippen LogP contribution in [0.25, 0.3) is 0 Å². The highest BCUT2D eigenvalue weighted by Crippen LogP contribution is 2.13. The van der Waals surface area contributed by atoms with E-state index in [1.807, 2.05) is 11.0 Å². The standard InChI is InChI=1S/C13H19N3O/c14-10-11-5-6-15-12(9-11)13(17)16-7-3-1-2-4-8-16/h5-6,9H,1-4,7-8,10,14H2. The van der Waals surface area contributed by atoms with Gasteiger partial charge in [0.2, 0.25) is 0 Å². The normalized spacial score (nSPS) is 16.6. The number of nitrogens with zero attached hydrogens (tertiary/aromatic N) is 2. The fraction of sp³-hybridized carbons (Fsp3) is 0.538. The number of carbonyl (C=O) groups is 1. The molecule has 1 aromatic rings. The van der Waals surface area contributed by atoms with Gasteiger partial charge in [0.15, 0.2) is 0 Å². The summed E-state index contributed by atoms with van der Waals surface area (Å²) in [6, 6.07) is 3.65. The van der Waals surface area contributed by atoms with Crippen LogP contribution in [0.15, 0.2) is 18.3 Å². The molecule has 1 saturated heterocycles. The summed E-state index contributed by atoms with van der Waals surface area (Å²) >= 11 is 0. The Morgan fingerprint density at radius 3 is 2.65 bits per heavy atom. The summed E-state index contributed by atoms with van der Waals surface area (Å²) in [5.41, 5.74) is 7.05. The van der Waals surface area contributed by atoms with Crippen molar-refractivity contribution >= 4 is 5.91 Å². The number of hydrogen-bond donors (Lipinski definition) is 1. The van der Waals surface area contributed by atoms with Crippen molar-refractivity contribution in [2.75, 3.05) is 13.1 Å². The molecule has 17 heavy (non-hydrogen) atoms. The van der Waals surface area contributed by atoms with Crippen LogP contribution in [0.3, 0.4) is 0 Å². The van der Waals surface area contributed by atoms with E-state index in [-0.39, 0.29) is 5.91 Å². The summed E-state index contributed by atoms with van der Waals surface area (Å²) in [5, 5.41) is 0. The van der Waals surface area contributed by atoms with Gasteiger partial charge in [0.05, 0.1) is 0 Å². The first-order chi connectivity index (χ1) is 8.31. The highest BCUT2D eigenvalue weighted by molar-refractivity contribution is 5.92. The van der Waals surface area contributed by atoms with Gasteiger partial charge in [-0.05, 0) is 30.5 Å². The molecule has 2 rings (SSSR count). The van der Waals surface area contributed by atoms with E-state index in [4.69, 9.17) is 5.73 Å². The van der Waals surface area contributed by atoms with Crippen molar-refractivity contribution in [2.24, 2.45) is 5.73 Å². The first kappa shape index (κ1) is 12.0. The summed E-state index contributed by atoms with van der Waals surface area (Å²) in [6.45, 7) is 2.16. The molecule has 2 heterocycles. The average molecular weight is 233 g/mol. The van der Waals surface area contributed by atoms with Crippen LogP contribution >= 0.6 is 0 Å². The molecule has 4 heteroatoms. The van der Waals surface area contributed by atoms with Crippen molar-refractivity contribution in [3.05, 3.63) is 29.6 Å². The lowest BCUT2D eigenvalue weighted by Crippen LogP contribution is -2.32. The first-order valence-electron chi connectivity index (χ1n) is 6.25. The maximum atomic E-state index is 12.2. The van der Waals surface area contributed by atoms with Crippen molar-refractivity contribution in [3.8, 4) is 0 Å². The molecule has 1 fully saturated rings. The Balaban J connectivity index is 2.11. The van der Waals surface area contributed by atoms with E-state index in [2.05, 4.69) is 4.98 Å². The van der Waals surface area contributed by atoms with Crippen LogP contribution in [0.5, 0.6) is 0 Å². The lowest BCUT2D eigenvalue weighted by Gasteiger charge is -2.19. The first-order valence-corrected chi connectivity index (χ1v) is 6.25. The molecule has 92 valence electrons. The van der Waals surface area contributed by atoms with Crippen molar-refractivity contribution in [3.63, 3.8) is 0 Å². The van der Waals surface area contributed by atoms with E-state index >= 15 is 0 Å². The maximum Gasteiger partial charge on any atom is 0.272 e. The Morgan fingerprint density at radius 2 is 2.00 bits per heavy atom. The molecule has 0 spiro atoms. The molecule has 0 unspecified atom stereocenters. The SMILES string of the molecule is NCc1ccnc(C(=O)N2CCCCCC2)c1. The number of aromatic nitrogens is 1. The van der Waals surface area contributed by atoms with Crippen molar-refractivity contribution in [1.82, 2.24) is 9.88 Å². The van der Waals surface area contributed by atoms with Crippen molar-refractivity contribution < 1.29 is 4.79 Å². The van der Waals surface area contributed by atoms with E-state index < -0.39 is 0 Å². The number of likely N-dealkylation sites (tertiary alicyclic amines) is 1. The predicted molar refractivity (Wildman–Crippen MR) is 66.5 cm³/mol. The highest BCUT2D eigenvalue weighted by Gasteiger charge is 2.18. The molecule has 1 aliphatic rings. The molecule has 0 saturated carbocycles. The maximum absolute atomic E-state index is 12.2. The van der Waals surface area contributed by atoms with Gasteiger partial charge < -0.3 is 10.6 Å². The van der Waals surface area contributed by atoms with E-state index in [9.17, 15) is 4.79 Å². The fourth-order valence-corrected chi connectivity index (χ4v) is 2.15. The summed E-state index contributed by atoms with van der Waals surface area (Å²) in [7, 11) is 0. The second-order valence-electron chi connectivity index (χ2n) is 4.46. The molecule has 4 nitrogen and oxygen atoms in total. The van der Waals surface area contributed by atoms with Crippen molar-refractivity contribution in [2.45, 2.75) is 32.2 Å². The molecule has 1 aromatic heterocycles. The van der Waals surface area contributed by atoms with Gasteiger partial charge in [-0.15, -0.1) is 0 Å². The number of nitrogens with two attached hydrogens (primary N) is 1. The van der Waals surface area contributed by atoms with Gasteiger partial charge in [-0.1, -0.05) is 12.8 Å². The largest absolute Gasteiger partial charge is 0.337 e. The van der Waals surface area contributed by atoms with E-state index in [0.29, 0.717) is 12.2 Å². The van der Waals surface area contributed by atoms with Crippen LogP contribution < -0.4 is 5.73 Å². The smallest absolute Gasteiger partial charge is 0.272 e. The van der Waals surface area contributed by atoms with Crippen LogP contribution in [-0.4, -0.2) is 28.9 Å². The van der Waals surface area contributed by atoms with Crippen LogP contribution in [0.1, 0.15) is 41.7 Å². The Hall–Kier alpha value is -1.42. The number of hydrogen-bond acceptors (Lipinski definition) is 3. The number of amides is 1. The molecule has 2 N–H and O–H groups in total. The van der Waals surface area contributed by atoms with Gasteiger partial charge in [0, 0.05) is 25.8 Å². The second-order valence-corrected chi connectivity index (χ2v) is 4.46. The molecular formula is C13H19N3O. The Bertz CT molecular complexity index is 384. The predicted octanol–water partition coefficient (Wildman–Crippen LogP) is 1.56. The zero-order chi connectivity index (χ0) is 12.1. The zero-order valence-electron chi connectivity index (χ0n) is 10.1. The quantitative estimate of drug-likeness (QED) is 0.843. The minimum Gasteiger partial charge on any atom is -0.337 e. The molecule has 0 radical (unpaired) electrons. The third-order valence-corrected chi connectivity index (χ3v) is 3.17. The highest BCUT2D eigenvalue weighted by atomic mass is 16.2. The average Bonchev–Trinajstić information content (AvgIpc) is 2.67. The van der Waals surface area contributed by atoms with Gasteiger partial charge in [-0.25, -0.2) is 0 Å².